The normalized spacial score (nSPS) is 9.59. The minimum atomic E-state index is 0.682. The van der Waals surface area contributed by atoms with Crippen molar-refractivity contribution in [2.24, 2.45) is 0 Å². The van der Waals surface area contributed by atoms with Crippen molar-refractivity contribution in [2.45, 2.75) is 6.42 Å². The highest BCUT2D eigenvalue weighted by atomic mass is 14.2. The Hall–Kier alpha value is -2.33. The lowest BCUT2D eigenvalue weighted by Gasteiger charge is -2.06. The first-order chi connectivity index (χ1) is 8.29. The third-order valence-corrected chi connectivity index (χ3v) is 2.68. The third kappa shape index (κ3) is 2.83. The second kappa shape index (κ2) is 5.14. The largest absolute Gasteiger partial charge is 0.192 e. The van der Waals surface area contributed by atoms with E-state index < -0.39 is 0 Å². The maximum absolute atomic E-state index is 8.73. The van der Waals surface area contributed by atoms with E-state index in [2.05, 4.69) is 24.8 Å². The van der Waals surface area contributed by atoms with E-state index in [-0.39, 0.29) is 0 Å². The highest BCUT2D eigenvalue weighted by Gasteiger charge is 2.00. The third-order valence-electron chi connectivity index (χ3n) is 2.68. The van der Waals surface area contributed by atoms with Crippen LogP contribution < -0.4 is 0 Å². The zero-order chi connectivity index (χ0) is 12.1. The summed E-state index contributed by atoms with van der Waals surface area (Å²) in [5, 5.41) is 8.73. The molecule has 1 heteroatoms. The summed E-state index contributed by atoms with van der Waals surface area (Å²) in [6, 6.07) is 19.9. The molecule has 0 heterocycles. The van der Waals surface area contributed by atoms with Gasteiger partial charge in [0.2, 0.25) is 0 Å². The first-order valence-electron chi connectivity index (χ1n) is 5.52. The molecular weight excluding hydrogens is 206 g/mol. The Morgan fingerprint density at radius 1 is 1.00 bits per heavy atom. The van der Waals surface area contributed by atoms with Crippen molar-refractivity contribution < 1.29 is 0 Å². The highest BCUT2D eigenvalue weighted by Crippen LogP contribution is 2.18. The van der Waals surface area contributed by atoms with Crippen LogP contribution in [0, 0.1) is 11.3 Å². The Bertz CT molecular complexity index is 544. The van der Waals surface area contributed by atoms with Gasteiger partial charge in [0.05, 0.1) is 11.6 Å². The van der Waals surface area contributed by atoms with E-state index in [9.17, 15) is 0 Å². The zero-order valence-electron chi connectivity index (χ0n) is 9.56. The summed E-state index contributed by atoms with van der Waals surface area (Å²) in [4.78, 5) is 0. The van der Waals surface area contributed by atoms with Crippen LogP contribution in [0.2, 0.25) is 0 Å². The van der Waals surface area contributed by atoms with Crippen molar-refractivity contribution in [3.8, 4) is 6.07 Å². The lowest BCUT2D eigenvalue weighted by atomic mass is 9.99. The minimum absolute atomic E-state index is 0.682. The molecule has 2 aromatic carbocycles. The lowest BCUT2D eigenvalue weighted by Crippen LogP contribution is -1.89. The van der Waals surface area contributed by atoms with Gasteiger partial charge in [-0.25, -0.2) is 0 Å². The lowest BCUT2D eigenvalue weighted by molar-refractivity contribution is 1.28. The Kier molecular flexibility index (Phi) is 3.37. The van der Waals surface area contributed by atoms with Gasteiger partial charge in [-0.3, -0.25) is 0 Å². The molecule has 0 aromatic heterocycles. The maximum Gasteiger partial charge on any atom is 0.0991 e. The minimum Gasteiger partial charge on any atom is -0.192 e. The van der Waals surface area contributed by atoms with Crippen LogP contribution in [0.3, 0.4) is 0 Å². The van der Waals surface area contributed by atoms with Crippen LogP contribution in [-0.2, 0) is 6.42 Å². The number of allylic oxidation sites excluding steroid dienone is 1. The number of benzene rings is 2. The number of hydrogen-bond acceptors (Lipinski definition) is 1. The fourth-order valence-corrected chi connectivity index (χ4v) is 1.72. The Balaban J connectivity index is 2.13. The molecule has 1 nitrogen and oxygen atoms in total. The SMILES string of the molecule is C=C(Cc1ccccc1)c1ccc(C#N)cc1. The standard InChI is InChI=1S/C16H13N/c1-13(11-14-5-3-2-4-6-14)16-9-7-15(12-17)8-10-16/h2-10H,1,11H2. The van der Waals surface area contributed by atoms with Gasteiger partial charge in [0.25, 0.3) is 0 Å². The van der Waals surface area contributed by atoms with Crippen molar-refractivity contribution in [3.05, 3.63) is 77.9 Å². The molecule has 0 amide bonds. The molecule has 0 spiro atoms. The van der Waals surface area contributed by atoms with E-state index in [1.165, 1.54) is 5.56 Å². The average molecular weight is 219 g/mol. The summed E-state index contributed by atoms with van der Waals surface area (Å²) in [6.45, 7) is 4.09. The van der Waals surface area contributed by atoms with Crippen LogP contribution in [0.15, 0.2) is 61.2 Å². The molecule has 0 N–H and O–H groups in total. The predicted octanol–water partition coefficient (Wildman–Crippen LogP) is 3.81. The van der Waals surface area contributed by atoms with Crippen LogP contribution in [0.1, 0.15) is 16.7 Å². The molecule has 0 unspecified atom stereocenters. The topological polar surface area (TPSA) is 23.8 Å². The molecule has 0 aliphatic heterocycles. The quantitative estimate of drug-likeness (QED) is 0.770. The van der Waals surface area contributed by atoms with E-state index in [0.29, 0.717) is 5.56 Å². The van der Waals surface area contributed by atoms with Gasteiger partial charge in [0.1, 0.15) is 0 Å². The van der Waals surface area contributed by atoms with Crippen LogP contribution in [0.25, 0.3) is 5.57 Å². The van der Waals surface area contributed by atoms with Crippen LogP contribution >= 0.6 is 0 Å². The summed E-state index contributed by atoms with van der Waals surface area (Å²) in [6.07, 6.45) is 0.840. The van der Waals surface area contributed by atoms with Crippen molar-refractivity contribution in [1.29, 1.82) is 5.26 Å². The highest BCUT2D eigenvalue weighted by molar-refractivity contribution is 5.66. The second-order valence-corrected chi connectivity index (χ2v) is 3.96. The zero-order valence-corrected chi connectivity index (χ0v) is 9.56. The van der Waals surface area contributed by atoms with Crippen molar-refractivity contribution in [1.82, 2.24) is 0 Å². The van der Waals surface area contributed by atoms with Gasteiger partial charge in [-0.1, -0.05) is 49.0 Å². The molecule has 2 rings (SSSR count). The van der Waals surface area contributed by atoms with Gasteiger partial charge < -0.3 is 0 Å². The number of nitrogens with zero attached hydrogens (tertiary/aromatic N) is 1. The molecule has 2 aromatic rings. The van der Waals surface area contributed by atoms with E-state index in [4.69, 9.17) is 5.26 Å². The number of hydrogen-bond donors (Lipinski definition) is 0. The first-order valence-corrected chi connectivity index (χ1v) is 5.52. The molecule has 0 fully saturated rings. The summed E-state index contributed by atoms with van der Waals surface area (Å²) < 4.78 is 0. The predicted molar refractivity (Wildman–Crippen MR) is 70.3 cm³/mol. The fraction of sp³-hybridized carbons (Fsp3) is 0.0625. The second-order valence-electron chi connectivity index (χ2n) is 3.96. The van der Waals surface area contributed by atoms with Gasteiger partial charge >= 0.3 is 0 Å². The van der Waals surface area contributed by atoms with Crippen molar-refractivity contribution >= 4 is 5.57 Å². The van der Waals surface area contributed by atoms with Crippen LogP contribution in [-0.4, -0.2) is 0 Å². The number of nitriles is 1. The van der Waals surface area contributed by atoms with Crippen LogP contribution in [0.5, 0.6) is 0 Å². The number of rotatable bonds is 3. The van der Waals surface area contributed by atoms with Crippen molar-refractivity contribution in [3.63, 3.8) is 0 Å². The fourth-order valence-electron chi connectivity index (χ4n) is 1.72. The molecule has 0 saturated carbocycles. The summed E-state index contributed by atoms with van der Waals surface area (Å²) in [7, 11) is 0. The molecule has 0 aliphatic carbocycles. The Labute approximate surface area is 102 Å². The van der Waals surface area contributed by atoms with Gasteiger partial charge in [-0.15, -0.1) is 0 Å². The first kappa shape index (κ1) is 11.2. The molecule has 0 saturated heterocycles. The van der Waals surface area contributed by atoms with Gasteiger partial charge in [0.15, 0.2) is 0 Å². The molecule has 0 atom stereocenters. The Morgan fingerprint density at radius 3 is 2.24 bits per heavy atom. The molecule has 0 bridgehead atoms. The summed E-state index contributed by atoms with van der Waals surface area (Å²) in [5.74, 6) is 0. The van der Waals surface area contributed by atoms with E-state index >= 15 is 0 Å². The molecule has 17 heavy (non-hydrogen) atoms. The maximum atomic E-state index is 8.73. The smallest absolute Gasteiger partial charge is 0.0991 e. The van der Waals surface area contributed by atoms with E-state index in [0.717, 1.165) is 17.6 Å². The average Bonchev–Trinajstić information content (AvgIpc) is 2.40. The molecular formula is C16H13N. The van der Waals surface area contributed by atoms with Gasteiger partial charge in [-0.05, 0) is 35.3 Å². The van der Waals surface area contributed by atoms with E-state index in [1.807, 2.05) is 42.5 Å². The summed E-state index contributed by atoms with van der Waals surface area (Å²) >= 11 is 0. The molecule has 0 aliphatic rings. The summed E-state index contributed by atoms with van der Waals surface area (Å²) in [5.41, 5.74) is 4.09. The Morgan fingerprint density at radius 2 is 1.65 bits per heavy atom. The monoisotopic (exact) mass is 219 g/mol. The van der Waals surface area contributed by atoms with Gasteiger partial charge in [0, 0.05) is 0 Å². The van der Waals surface area contributed by atoms with E-state index in [1.54, 1.807) is 0 Å². The van der Waals surface area contributed by atoms with Crippen LogP contribution in [0.4, 0.5) is 0 Å². The molecule has 0 radical (unpaired) electrons. The van der Waals surface area contributed by atoms with Crippen molar-refractivity contribution in [2.75, 3.05) is 0 Å². The molecule has 82 valence electrons. The van der Waals surface area contributed by atoms with Gasteiger partial charge in [-0.2, -0.15) is 5.26 Å².